The zero-order valence-corrected chi connectivity index (χ0v) is 10.1. The summed E-state index contributed by atoms with van der Waals surface area (Å²) in [6, 6.07) is 10.7. The minimum absolute atomic E-state index is 0.124. The highest BCUT2D eigenvalue weighted by Crippen LogP contribution is 2.13. The summed E-state index contributed by atoms with van der Waals surface area (Å²) in [4.78, 5) is 10.7. The molecule has 0 spiro atoms. The van der Waals surface area contributed by atoms with Gasteiger partial charge in [-0.05, 0) is 36.8 Å². The summed E-state index contributed by atoms with van der Waals surface area (Å²) < 4.78 is 5.29. The zero-order valence-electron chi connectivity index (χ0n) is 10.1. The Morgan fingerprint density at radius 2 is 2.06 bits per heavy atom. The van der Waals surface area contributed by atoms with Crippen LogP contribution in [-0.2, 0) is 6.54 Å². The summed E-state index contributed by atoms with van der Waals surface area (Å²) in [6.45, 7) is 2.69. The van der Waals surface area contributed by atoms with Crippen LogP contribution in [0.1, 0.15) is 34.6 Å². The van der Waals surface area contributed by atoms with Gasteiger partial charge in [-0.25, -0.2) is 4.79 Å². The minimum atomic E-state index is -0.904. The Labute approximate surface area is 105 Å². The van der Waals surface area contributed by atoms with Crippen molar-refractivity contribution in [3.8, 4) is 0 Å². The van der Waals surface area contributed by atoms with E-state index < -0.39 is 5.97 Å². The van der Waals surface area contributed by atoms with Crippen LogP contribution in [0.4, 0.5) is 0 Å². The maximum absolute atomic E-state index is 10.7. The quantitative estimate of drug-likeness (QED) is 0.850. The van der Waals surface area contributed by atoms with Crippen LogP contribution < -0.4 is 5.32 Å². The first kappa shape index (κ1) is 12.4. The highest BCUT2D eigenvalue weighted by atomic mass is 16.4. The van der Waals surface area contributed by atoms with Crippen molar-refractivity contribution in [2.45, 2.75) is 19.5 Å². The second-order valence-electron chi connectivity index (χ2n) is 4.12. The van der Waals surface area contributed by atoms with E-state index in [0.717, 1.165) is 11.3 Å². The van der Waals surface area contributed by atoms with Crippen LogP contribution in [-0.4, -0.2) is 11.1 Å². The maximum Gasteiger partial charge on any atom is 0.335 e. The molecule has 0 radical (unpaired) electrons. The third kappa shape index (κ3) is 2.99. The Kier molecular flexibility index (Phi) is 3.79. The van der Waals surface area contributed by atoms with E-state index in [9.17, 15) is 4.79 Å². The fourth-order valence-electron chi connectivity index (χ4n) is 1.67. The number of aromatic carboxylic acids is 1. The molecule has 2 rings (SSSR count). The Bertz CT molecular complexity index is 502. The molecule has 0 unspecified atom stereocenters. The second-order valence-corrected chi connectivity index (χ2v) is 4.12. The number of benzene rings is 1. The highest BCUT2D eigenvalue weighted by molar-refractivity contribution is 5.87. The lowest BCUT2D eigenvalue weighted by molar-refractivity contribution is 0.0697. The maximum atomic E-state index is 10.7. The summed E-state index contributed by atoms with van der Waals surface area (Å²) in [7, 11) is 0. The van der Waals surface area contributed by atoms with E-state index in [1.807, 2.05) is 31.2 Å². The topological polar surface area (TPSA) is 62.5 Å². The van der Waals surface area contributed by atoms with Crippen LogP contribution in [0.2, 0.25) is 0 Å². The predicted octanol–water partition coefficient (Wildman–Crippen LogP) is 2.83. The number of nitrogens with one attached hydrogen (secondary N) is 1. The van der Waals surface area contributed by atoms with Crippen molar-refractivity contribution >= 4 is 5.97 Å². The van der Waals surface area contributed by atoms with Crippen LogP contribution in [0.3, 0.4) is 0 Å². The van der Waals surface area contributed by atoms with Gasteiger partial charge in [-0.3, -0.25) is 0 Å². The van der Waals surface area contributed by atoms with Crippen molar-refractivity contribution in [2.24, 2.45) is 0 Å². The van der Waals surface area contributed by atoms with Gasteiger partial charge in [0.05, 0.1) is 17.9 Å². The van der Waals surface area contributed by atoms with Gasteiger partial charge < -0.3 is 14.8 Å². The molecule has 1 aromatic heterocycles. The molecule has 1 aromatic carbocycles. The SMILES string of the molecule is C[C@H](NCc1ccc(C(=O)O)cc1)c1ccco1. The molecule has 0 aliphatic rings. The van der Waals surface area contributed by atoms with Crippen molar-refractivity contribution in [2.75, 3.05) is 0 Å². The molecule has 0 saturated carbocycles. The van der Waals surface area contributed by atoms with E-state index in [1.165, 1.54) is 0 Å². The summed E-state index contributed by atoms with van der Waals surface area (Å²) in [5.74, 6) is -0.0179. The van der Waals surface area contributed by atoms with E-state index in [4.69, 9.17) is 9.52 Å². The molecule has 1 atom stereocenters. The number of furan rings is 1. The number of carboxylic acid groups (broad SMARTS) is 1. The monoisotopic (exact) mass is 245 g/mol. The van der Waals surface area contributed by atoms with Gasteiger partial charge in [0.15, 0.2) is 0 Å². The second kappa shape index (κ2) is 5.51. The van der Waals surface area contributed by atoms with E-state index in [2.05, 4.69) is 5.32 Å². The molecule has 0 aliphatic carbocycles. The molecule has 2 aromatic rings. The first-order chi connectivity index (χ1) is 8.66. The molecule has 0 bridgehead atoms. The van der Waals surface area contributed by atoms with Crippen molar-refractivity contribution in [3.63, 3.8) is 0 Å². The first-order valence-electron chi connectivity index (χ1n) is 5.76. The van der Waals surface area contributed by atoms with Crippen molar-refractivity contribution in [3.05, 3.63) is 59.5 Å². The zero-order chi connectivity index (χ0) is 13.0. The average molecular weight is 245 g/mol. The molecule has 0 amide bonds. The van der Waals surface area contributed by atoms with Gasteiger partial charge in [0.25, 0.3) is 0 Å². The molecule has 1 heterocycles. The standard InChI is InChI=1S/C14H15NO3/c1-10(13-3-2-8-18-13)15-9-11-4-6-12(7-5-11)14(16)17/h2-8,10,15H,9H2,1H3,(H,16,17)/t10-/m0/s1. The average Bonchev–Trinajstić information content (AvgIpc) is 2.90. The lowest BCUT2D eigenvalue weighted by Crippen LogP contribution is -2.17. The Morgan fingerprint density at radius 3 is 2.61 bits per heavy atom. The fraction of sp³-hybridized carbons (Fsp3) is 0.214. The number of hydrogen-bond acceptors (Lipinski definition) is 3. The van der Waals surface area contributed by atoms with Crippen molar-refractivity contribution in [1.29, 1.82) is 0 Å². The fourth-order valence-corrected chi connectivity index (χ4v) is 1.67. The Morgan fingerprint density at radius 1 is 1.33 bits per heavy atom. The molecule has 18 heavy (non-hydrogen) atoms. The number of carbonyl (C=O) groups is 1. The summed E-state index contributed by atoms with van der Waals surface area (Å²) in [5, 5.41) is 12.1. The van der Waals surface area contributed by atoms with Crippen molar-refractivity contribution < 1.29 is 14.3 Å². The molecule has 0 aliphatic heterocycles. The van der Waals surface area contributed by atoms with Gasteiger partial charge in [-0.2, -0.15) is 0 Å². The van der Waals surface area contributed by atoms with Gasteiger partial charge in [0.2, 0.25) is 0 Å². The molecule has 4 nitrogen and oxygen atoms in total. The molecule has 94 valence electrons. The largest absolute Gasteiger partial charge is 0.478 e. The van der Waals surface area contributed by atoms with Gasteiger partial charge in [0, 0.05) is 6.54 Å². The lowest BCUT2D eigenvalue weighted by Gasteiger charge is -2.11. The van der Waals surface area contributed by atoms with Crippen LogP contribution >= 0.6 is 0 Å². The number of rotatable bonds is 5. The molecule has 4 heteroatoms. The van der Waals surface area contributed by atoms with Gasteiger partial charge in [0.1, 0.15) is 5.76 Å². The Balaban J connectivity index is 1.92. The minimum Gasteiger partial charge on any atom is -0.478 e. The van der Waals surface area contributed by atoms with Gasteiger partial charge >= 0.3 is 5.97 Å². The normalized spacial score (nSPS) is 12.3. The smallest absolute Gasteiger partial charge is 0.335 e. The number of hydrogen-bond donors (Lipinski definition) is 2. The molecule has 2 N–H and O–H groups in total. The van der Waals surface area contributed by atoms with E-state index >= 15 is 0 Å². The first-order valence-corrected chi connectivity index (χ1v) is 5.76. The van der Waals surface area contributed by atoms with Crippen LogP contribution in [0.15, 0.2) is 47.1 Å². The third-order valence-electron chi connectivity index (χ3n) is 2.78. The molecule has 0 fully saturated rings. The Hall–Kier alpha value is -2.07. The summed E-state index contributed by atoms with van der Waals surface area (Å²) >= 11 is 0. The summed E-state index contributed by atoms with van der Waals surface area (Å²) in [6.07, 6.45) is 1.65. The van der Waals surface area contributed by atoms with Gasteiger partial charge in [-0.15, -0.1) is 0 Å². The highest BCUT2D eigenvalue weighted by Gasteiger charge is 2.07. The van der Waals surface area contributed by atoms with Gasteiger partial charge in [-0.1, -0.05) is 12.1 Å². The lowest BCUT2D eigenvalue weighted by atomic mass is 10.1. The van der Waals surface area contributed by atoms with Crippen LogP contribution in [0.25, 0.3) is 0 Å². The van der Waals surface area contributed by atoms with Crippen LogP contribution in [0, 0.1) is 0 Å². The third-order valence-corrected chi connectivity index (χ3v) is 2.78. The molecular weight excluding hydrogens is 230 g/mol. The van der Waals surface area contributed by atoms with Crippen LogP contribution in [0.5, 0.6) is 0 Å². The van der Waals surface area contributed by atoms with Crippen molar-refractivity contribution in [1.82, 2.24) is 5.32 Å². The molecule has 0 saturated heterocycles. The molecular formula is C14H15NO3. The van der Waals surface area contributed by atoms with E-state index in [0.29, 0.717) is 12.1 Å². The summed E-state index contributed by atoms with van der Waals surface area (Å²) in [5.41, 5.74) is 1.34. The van der Waals surface area contributed by atoms with E-state index in [-0.39, 0.29) is 6.04 Å². The van der Waals surface area contributed by atoms with E-state index in [1.54, 1.807) is 18.4 Å². The number of carboxylic acids is 1. The predicted molar refractivity (Wildman–Crippen MR) is 67.4 cm³/mol.